The van der Waals surface area contributed by atoms with Gasteiger partial charge in [-0.3, -0.25) is 9.52 Å². The van der Waals surface area contributed by atoms with Gasteiger partial charge in [-0.25, -0.2) is 8.42 Å². The van der Waals surface area contributed by atoms with E-state index < -0.39 is 16.0 Å². The van der Waals surface area contributed by atoms with Gasteiger partial charge in [0, 0.05) is 6.42 Å². The predicted octanol–water partition coefficient (Wildman–Crippen LogP) is 3.22. The van der Waals surface area contributed by atoms with Crippen LogP contribution in [0.2, 0.25) is 4.34 Å². The Morgan fingerprint density at radius 3 is 2.57 bits per heavy atom. The van der Waals surface area contributed by atoms with Gasteiger partial charge in [-0.1, -0.05) is 29.8 Å². The van der Waals surface area contributed by atoms with Crippen molar-refractivity contribution in [3.05, 3.63) is 46.3 Å². The molecule has 1 heterocycles. The molecule has 2 rings (SSSR count). The number of sulfonamides is 1. The lowest BCUT2D eigenvalue weighted by Gasteiger charge is -2.11. The average Bonchev–Trinajstić information content (AvgIpc) is 2.85. The minimum Gasteiger partial charge on any atom is -0.481 e. The van der Waals surface area contributed by atoms with Gasteiger partial charge in [-0.2, -0.15) is 0 Å². The van der Waals surface area contributed by atoms with Gasteiger partial charge >= 0.3 is 5.97 Å². The Labute approximate surface area is 131 Å². The first kappa shape index (κ1) is 15.8. The summed E-state index contributed by atoms with van der Waals surface area (Å²) in [5, 5.41) is 8.73. The first-order chi connectivity index (χ1) is 9.88. The minimum absolute atomic E-state index is 0.0659. The van der Waals surface area contributed by atoms with Crippen molar-refractivity contribution in [2.75, 3.05) is 4.72 Å². The normalized spacial score (nSPS) is 11.3. The second kappa shape index (κ2) is 6.46. The van der Waals surface area contributed by atoms with Crippen LogP contribution in [0.1, 0.15) is 12.0 Å². The van der Waals surface area contributed by atoms with E-state index >= 15 is 0 Å². The van der Waals surface area contributed by atoms with E-state index in [4.69, 9.17) is 16.7 Å². The van der Waals surface area contributed by atoms with Gasteiger partial charge in [0.1, 0.15) is 4.21 Å². The highest BCUT2D eigenvalue weighted by Gasteiger charge is 2.18. The third-order valence-electron chi connectivity index (χ3n) is 2.68. The first-order valence-electron chi connectivity index (χ1n) is 5.96. The molecular weight excluding hydrogens is 334 g/mol. The fraction of sp³-hybridized carbons (Fsp3) is 0.154. The van der Waals surface area contributed by atoms with Crippen molar-refractivity contribution in [2.45, 2.75) is 17.1 Å². The molecule has 1 aromatic carbocycles. The maximum absolute atomic E-state index is 12.2. The van der Waals surface area contributed by atoms with E-state index in [2.05, 4.69) is 4.72 Å². The maximum Gasteiger partial charge on any atom is 0.303 e. The molecule has 0 saturated carbocycles. The maximum atomic E-state index is 12.2. The monoisotopic (exact) mass is 345 g/mol. The number of benzene rings is 1. The molecule has 0 aliphatic rings. The van der Waals surface area contributed by atoms with Crippen molar-refractivity contribution < 1.29 is 18.3 Å². The predicted molar refractivity (Wildman–Crippen MR) is 82.5 cm³/mol. The molecule has 0 atom stereocenters. The number of carbonyl (C=O) groups is 1. The molecule has 2 N–H and O–H groups in total. The second-order valence-corrected chi connectivity index (χ2v) is 7.84. The van der Waals surface area contributed by atoms with Crippen LogP contribution in [0.4, 0.5) is 5.69 Å². The quantitative estimate of drug-likeness (QED) is 0.842. The number of thiophene rings is 1. The Hall–Kier alpha value is -1.57. The van der Waals surface area contributed by atoms with Crippen LogP contribution >= 0.6 is 22.9 Å². The Bertz CT molecular complexity index is 755. The molecule has 21 heavy (non-hydrogen) atoms. The summed E-state index contributed by atoms with van der Waals surface area (Å²) in [7, 11) is -3.72. The van der Waals surface area contributed by atoms with Crippen LogP contribution in [-0.2, 0) is 21.2 Å². The second-order valence-electron chi connectivity index (χ2n) is 4.21. The smallest absolute Gasteiger partial charge is 0.303 e. The number of hydrogen-bond acceptors (Lipinski definition) is 4. The van der Waals surface area contributed by atoms with E-state index in [1.54, 1.807) is 24.3 Å². The number of nitrogens with one attached hydrogen (secondary N) is 1. The molecule has 0 aliphatic carbocycles. The van der Waals surface area contributed by atoms with E-state index in [1.165, 1.54) is 12.1 Å². The molecule has 0 unspecified atom stereocenters. The average molecular weight is 346 g/mol. The van der Waals surface area contributed by atoms with Gasteiger partial charge in [0.25, 0.3) is 10.0 Å². The summed E-state index contributed by atoms with van der Waals surface area (Å²) in [6.07, 6.45) is 0.183. The summed E-state index contributed by atoms with van der Waals surface area (Å²) in [5.74, 6) is -0.933. The van der Waals surface area contributed by atoms with E-state index in [9.17, 15) is 13.2 Å². The Morgan fingerprint density at radius 2 is 1.95 bits per heavy atom. The number of hydrogen-bond donors (Lipinski definition) is 2. The van der Waals surface area contributed by atoms with Crippen molar-refractivity contribution in [1.29, 1.82) is 0 Å². The Kier molecular flexibility index (Phi) is 4.87. The summed E-state index contributed by atoms with van der Waals surface area (Å²) >= 11 is 6.71. The number of carboxylic acids is 1. The van der Waals surface area contributed by atoms with Crippen molar-refractivity contribution in [3.8, 4) is 0 Å². The van der Waals surface area contributed by atoms with E-state index in [-0.39, 0.29) is 17.1 Å². The summed E-state index contributed by atoms with van der Waals surface area (Å²) in [6, 6.07) is 9.65. The third-order valence-corrected chi connectivity index (χ3v) is 5.77. The van der Waals surface area contributed by atoms with Gasteiger partial charge in [0.05, 0.1) is 10.0 Å². The molecule has 2 aromatic rings. The van der Waals surface area contributed by atoms with Gasteiger partial charge in [0.2, 0.25) is 0 Å². The SMILES string of the molecule is O=C(O)CCc1ccccc1NS(=O)(=O)c1ccc(Cl)s1. The largest absolute Gasteiger partial charge is 0.481 e. The highest BCUT2D eigenvalue weighted by molar-refractivity contribution is 7.94. The van der Waals surface area contributed by atoms with Crippen LogP contribution in [0.3, 0.4) is 0 Å². The Balaban J connectivity index is 2.25. The number of rotatable bonds is 6. The van der Waals surface area contributed by atoms with Crippen LogP contribution in [0.5, 0.6) is 0 Å². The topological polar surface area (TPSA) is 83.5 Å². The van der Waals surface area contributed by atoms with Crippen molar-refractivity contribution in [1.82, 2.24) is 0 Å². The molecule has 0 spiro atoms. The number of carboxylic acid groups (broad SMARTS) is 1. The van der Waals surface area contributed by atoms with Crippen LogP contribution in [0.15, 0.2) is 40.6 Å². The molecule has 0 amide bonds. The van der Waals surface area contributed by atoms with Gasteiger partial charge < -0.3 is 5.11 Å². The summed E-state index contributed by atoms with van der Waals surface area (Å²) in [4.78, 5) is 10.6. The highest BCUT2D eigenvalue weighted by Crippen LogP contribution is 2.28. The summed E-state index contributed by atoms with van der Waals surface area (Å²) < 4.78 is 27.4. The first-order valence-corrected chi connectivity index (χ1v) is 8.64. The fourth-order valence-corrected chi connectivity index (χ4v) is 4.30. The number of halogens is 1. The number of aryl methyl sites for hydroxylation is 1. The highest BCUT2D eigenvalue weighted by atomic mass is 35.5. The van der Waals surface area contributed by atoms with E-state index in [0.29, 0.717) is 15.6 Å². The molecule has 0 radical (unpaired) electrons. The lowest BCUT2D eigenvalue weighted by Crippen LogP contribution is -2.13. The lowest BCUT2D eigenvalue weighted by atomic mass is 10.1. The van der Waals surface area contributed by atoms with Gasteiger partial charge in [-0.15, -0.1) is 11.3 Å². The molecule has 0 fully saturated rings. The fourth-order valence-electron chi connectivity index (χ4n) is 1.72. The van der Waals surface area contributed by atoms with Crippen LogP contribution in [0.25, 0.3) is 0 Å². The van der Waals surface area contributed by atoms with Crippen molar-refractivity contribution in [2.24, 2.45) is 0 Å². The molecule has 1 aromatic heterocycles. The molecule has 0 bridgehead atoms. The zero-order valence-electron chi connectivity index (χ0n) is 10.7. The number of anilines is 1. The lowest BCUT2D eigenvalue weighted by molar-refractivity contribution is -0.136. The van der Waals surface area contributed by atoms with Crippen molar-refractivity contribution in [3.63, 3.8) is 0 Å². The zero-order chi connectivity index (χ0) is 15.5. The van der Waals surface area contributed by atoms with Crippen LogP contribution in [0, 0.1) is 0 Å². The number of aliphatic carboxylic acids is 1. The molecule has 0 saturated heterocycles. The van der Waals surface area contributed by atoms with Gasteiger partial charge in [0.15, 0.2) is 0 Å². The molecule has 112 valence electrons. The standard InChI is InChI=1S/C13H12ClNO4S2/c14-11-6-8-13(20-11)21(18,19)15-10-4-2-1-3-9(10)5-7-12(16)17/h1-4,6,8,15H,5,7H2,(H,16,17). The van der Waals surface area contributed by atoms with E-state index in [1.807, 2.05) is 0 Å². The van der Waals surface area contributed by atoms with Crippen molar-refractivity contribution >= 4 is 44.6 Å². The molecule has 5 nitrogen and oxygen atoms in total. The minimum atomic E-state index is -3.72. The summed E-state index contributed by atoms with van der Waals surface area (Å²) in [5.41, 5.74) is 1.01. The Morgan fingerprint density at radius 1 is 1.24 bits per heavy atom. The summed E-state index contributed by atoms with van der Waals surface area (Å²) in [6.45, 7) is 0. The van der Waals surface area contributed by atoms with Gasteiger partial charge in [-0.05, 0) is 30.2 Å². The molecule has 0 aliphatic heterocycles. The number of para-hydroxylation sites is 1. The third kappa shape index (κ3) is 4.20. The van der Waals surface area contributed by atoms with Crippen LogP contribution in [-0.4, -0.2) is 19.5 Å². The van der Waals surface area contributed by atoms with Crippen LogP contribution < -0.4 is 4.72 Å². The zero-order valence-corrected chi connectivity index (χ0v) is 13.1. The van der Waals surface area contributed by atoms with E-state index in [0.717, 1.165) is 11.3 Å². The molecular formula is C13H12ClNO4S2. The molecule has 8 heteroatoms.